The predicted octanol–water partition coefficient (Wildman–Crippen LogP) is -0.00460. The van der Waals surface area contributed by atoms with Crippen LogP contribution < -0.4 is 0 Å². The molecular weight excluding hydrogens is 240 g/mol. The topological polar surface area (TPSA) is 74.2 Å². The number of carbonyl (C=O) groups is 1. The average molecular weight is 258 g/mol. The number of hydrogen-bond acceptors (Lipinski definition) is 6. The number of carbonyl (C=O) groups excluding carboxylic acids is 1. The van der Waals surface area contributed by atoms with Crippen LogP contribution in [-0.2, 0) is 23.7 Å². The third kappa shape index (κ3) is 2.16. The summed E-state index contributed by atoms with van der Waals surface area (Å²) in [5.74, 6) is -1.33. The molecule has 0 radical (unpaired) electrons. The van der Waals surface area contributed by atoms with Crippen molar-refractivity contribution in [3.63, 3.8) is 0 Å². The van der Waals surface area contributed by atoms with E-state index in [0.29, 0.717) is 0 Å². The summed E-state index contributed by atoms with van der Waals surface area (Å²) in [6, 6.07) is 0. The lowest BCUT2D eigenvalue weighted by atomic mass is 9.89. The highest BCUT2D eigenvalue weighted by Crippen LogP contribution is 2.37. The fraction of sp³-hybridized carbons (Fsp3) is 0.750. The van der Waals surface area contributed by atoms with E-state index in [-0.39, 0.29) is 5.57 Å². The van der Waals surface area contributed by atoms with Gasteiger partial charge in [0.1, 0.15) is 24.4 Å². The van der Waals surface area contributed by atoms with Gasteiger partial charge in [0.15, 0.2) is 5.79 Å². The smallest absolute Gasteiger partial charge is 0.336 e. The molecule has 1 saturated heterocycles. The molecule has 18 heavy (non-hydrogen) atoms. The fourth-order valence-electron chi connectivity index (χ4n) is 2.41. The monoisotopic (exact) mass is 258 g/mol. The van der Waals surface area contributed by atoms with Crippen molar-refractivity contribution in [3.05, 3.63) is 11.6 Å². The lowest BCUT2D eigenvalue weighted by Gasteiger charge is -2.32. The molecule has 0 spiro atoms. The lowest BCUT2D eigenvalue weighted by Crippen LogP contribution is -2.49. The van der Waals surface area contributed by atoms with Crippen LogP contribution in [0.2, 0.25) is 0 Å². The maximum Gasteiger partial charge on any atom is 0.336 e. The third-order valence-corrected chi connectivity index (χ3v) is 3.14. The Morgan fingerprint density at radius 2 is 2.06 bits per heavy atom. The highest BCUT2D eigenvalue weighted by Gasteiger charge is 2.51. The Hall–Kier alpha value is -0.950. The molecule has 1 aliphatic heterocycles. The van der Waals surface area contributed by atoms with Gasteiger partial charge < -0.3 is 24.1 Å². The van der Waals surface area contributed by atoms with E-state index >= 15 is 0 Å². The quantitative estimate of drug-likeness (QED) is 0.702. The normalized spacial score (nSPS) is 37.9. The molecule has 1 aliphatic carbocycles. The Morgan fingerprint density at radius 1 is 1.39 bits per heavy atom. The van der Waals surface area contributed by atoms with Gasteiger partial charge in [0, 0.05) is 7.11 Å². The summed E-state index contributed by atoms with van der Waals surface area (Å²) < 4.78 is 21.1. The molecule has 0 aromatic heterocycles. The van der Waals surface area contributed by atoms with Gasteiger partial charge >= 0.3 is 5.97 Å². The molecule has 0 saturated carbocycles. The Bertz CT molecular complexity index is 375. The van der Waals surface area contributed by atoms with Crippen molar-refractivity contribution in [2.24, 2.45) is 0 Å². The van der Waals surface area contributed by atoms with Gasteiger partial charge in [-0.25, -0.2) is 4.79 Å². The van der Waals surface area contributed by atoms with Crippen molar-refractivity contribution < 1.29 is 28.8 Å². The molecule has 0 aromatic rings. The van der Waals surface area contributed by atoms with Crippen LogP contribution in [0.1, 0.15) is 13.8 Å². The van der Waals surface area contributed by atoms with Crippen LogP contribution in [0.5, 0.6) is 0 Å². The second-order valence-corrected chi connectivity index (χ2v) is 4.83. The van der Waals surface area contributed by atoms with Crippen molar-refractivity contribution in [2.75, 3.05) is 14.2 Å². The van der Waals surface area contributed by atoms with Crippen molar-refractivity contribution in [2.45, 2.75) is 44.1 Å². The van der Waals surface area contributed by atoms with Gasteiger partial charge in [0.05, 0.1) is 12.7 Å². The minimum atomic E-state index is -0.971. The largest absolute Gasteiger partial charge is 0.466 e. The van der Waals surface area contributed by atoms with Crippen molar-refractivity contribution in [3.8, 4) is 0 Å². The van der Waals surface area contributed by atoms with E-state index < -0.39 is 36.2 Å². The number of fused-ring (bicyclic) bond motifs is 1. The molecule has 1 heterocycles. The maximum atomic E-state index is 11.7. The summed E-state index contributed by atoms with van der Waals surface area (Å²) in [5, 5.41) is 10.2. The third-order valence-electron chi connectivity index (χ3n) is 3.14. The summed E-state index contributed by atoms with van der Waals surface area (Å²) >= 11 is 0. The van der Waals surface area contributed by atoms with E-state index in [4.69, 9.17) is 14.2 Å². The van der Waals surface area contributed by atoms with Crippen LogP contribution in [0.4, 0.5) is 0 Å². The molecule has 1 N–H and O–H groups in total. The number of aliphatic hydroxyl groups is 1. The number of methoxy groups -OCH3 is 2. The summed E-state index contributed by atoms with van der Waals surface area (Å²) in [6.07, 6.45) is -1.16. The summed E-state index contributed by atoms with van der Waals surface area (Å²) in [6.45, 7) is 3.51. The molecule has 2 aliphatic rings. The number of esters is 1. The van der Waals surface area contributed by atoms with Crippen LogP contribution in [0.3, 0.4) is 0 Å². The number of aliphatic hydroxyl groups excluding tert-OH is 1. The van der Waals surface area contributed by atoms with Gasteiger partial charge in [-0.05, 0) is 19.9 Å². The van der Waals surface area contributed by atoms with Crippen molar-refractivity contribution in [1.29, 1.82) is 0 Å². The van der Waals surface area contributed by atoms with Gasteiger partial charge in [-0.1, -0.05) is 0 Å². The van der Waals surface area contributed by atoms with Gasteiger partial charge in [-0.15, -0.1) is 0 Å². The molecule has 0 unspecified atom stereocenters. The van der Waals surface area contributed by atoms with Gasteiger partial charge in [-0.3, -0.25) is 0 Å². The van der Waals surface area contributed by atoms with Crippen LogP contribution >= 0.6 is 0 Å². The fourth-order valence-corrected chi connectivity index (χ4v) is 2.41. The standard InChI is InChI=1S/C12H18O6/c1-12(2)17-7-5-6(11(14)16-4)9(15-3)8(13)10(7)18-12/h5,7-10,13H,1-4H3/t7-,8+,9-,10-/m1/s1. The summed E-state index contributed by atoms with van der Waals surface area (Å²) in [5.41, 5.74) is 0.259. The number of hydrogen-bond donors (Lipinski definition) is 1. The second kappa shape index (κ2) is 4.62. The van der Waals surface area contributed by atoms with Gasteiger partial charge in [-0.2, -0.15) is 0 Å². The maximum absolute atomic E-state index is 11.7. The molecular formula is C12H18O6. The number of ether oxygens (including phenoxy) is 4. The van der Waals surface area contributed by atoms with E-state index in [0.717, 1.165) is 0 Å². The van der Waals surface area contributed by atoms with Crippen LogP contribution in [-0.4, -0.2) is 55.5 Å². The molecule has 102 valence electrons. The molecule has 2 rings (SSSR count). The average Bonchev–Trinajstić information content (AvgIpc) is 2.63. The Morgan fingerprint density at radius 3 is 2.61 bits per heavy atom. The zero-order valence-corrected chi connectivity index (χ0v) is 10.9. The van der Waals surface area contributed by atoms with Gasteiger partial charge in [0.2, 0.25) is 0 Å². The Kier molecular flexibility index (Phi) is 3.46. The summed E-state index contributed by atoms with van der Waals surface area (Å²) in [4.78, 5) is 11.7. The van der Waals surface area contributed by atoms with Crippen LogP contribution in [0.15, 0.2) is 11.6 Å². The Labute approximate surface area is 105 Å². The SMILES string of the molecule is COC(=O)C1=C[C@H]2OC(C)(C)O[C@H]2[C@@H](O)[C@@H]1OC. The van der Waals surface area contributed by atoms with Crippen LogP contribution in [0, 0.1) is 0 Å². The molecule has 0 amide bonds. The second-order valence-electron chi connectivity index (χ2n) is 4.83. The minimum absolute atomic E-state index is 0.259. The van der Waals surface area contributed by atoms with E-state index in [2.05, 4.69) is 4.74 Å². The zero-order chi connectivity index (χ0) is 13.5. The number of rotatable bonds is 2. The Balaban J connectivity index is 2.33. The molecule has 6 heteroatoms. The first kappa shape index (κ1) is 13.5. The van der Waals surface area contributed by atoms with Gasteiger partial charge in [0.25, 0.3) is 0 Å². The van der Waals surface area contributed by atoms with E-state index in [9.17, 15) is 9.90 Å². The van der Waals surface area contributed by atoms with Crippen molar-refractivity contribution in [1.82, 2.24) is 0 Å². The predicted molar refractivity (Wildman–Crippen MR) is 60.7 cm³/mol. The first-order chi connectivity index (χ1) is 8.39. The molecule has 6 nitrogen and oxygen atoms in total. The lowest BCUT2D eigenvalue weighted by molar-refractivity contribution is -0.161. The summed E-state index contributed by atoms with van der Waals surface area (Å²) in [7, 11) is 2.70. The van der Waals surface area contributed by atoms with E-state index in [1.54, 1.807) is 19.9 Å². The zero-order valence-electron chi connectivity index (χ0n) is 10.9. The van der Waals surface area contributed by atoms with Crippen LogP contribution in [0.25, 0.3) is 0 Å². The highest BCUT2D eigenvalue weighted by molar-refractivity contribution is 5.90. The molecule has 0 aromatic carbocycles. The first-order valence-corrected chi connectivity index (χ1v) is 5.76. The van der Waals surface area contributed by atoms with Crippen molar-refractivity contribution >= 4 is 5.97 Å². The molecule has 1 fully saturated rings. The minimum Gasteiger partial charge on any atom is -0.466 e. The molecule has 0 bridgehead atoms. The van der Waals surface area contributed by atoms with E-state index in [1.807, 2.05) is 0 Å². The van der Waals surface area contributed by atoms with E-state index in [1.165, 1.54) is 14.2 Å². The highest BCUT2D eigenvalue weighted by atomic mass is 16.8. The molecule has 4 atom stereocenters. The first-order valence-electron chi connectivity index (χ1n) is 5.76.